The summed E-state index contributed by atoms with van der Waals surface area (Å²) in [6.07, 6.45) is -4.52. The number of hydrogen-bond acceptors (Lipinski definition) is 1. The lowest BCUT2D eigenvalue weighted by Gasteiger charge is -2.12. The number of carboxylic acids is 1. The minimum absolute atomic E-state index is 0.152. The second-order valence-electron chi connectivity index (χ2n) is 3.80. The highest BCUT2D eigenvalue weighted by atomic mass is 19.4. The fourth-order valence-electron chi connectivity index (χ4n) is 1.27. The van der Waals surface area contributed by atoms with Gasteiger partial charge >= 0.3 is 12.1 Å². The molecule has 88 valence electrons. The van der Waals surface area contributed by atoms with Crippen molar-refractivity contribution in [2.45, 2.75) is 25.9 Å². The molecule has 0 spiro atoms. The molecule has 0 amide bonds. The zero-order chi connectivity index (χ0) is 12.5. The van der Waals surface area contributed by atoms with E-state index in [1.807, 2.05) is 0 Å². The standard InChI is InChI=1S/C11H11F3O2/c1-6(2)7-3-8(10(15)16)5-9(4-7)11(12,13)14/h3-6H,1-2H3,(H,15,16). The number of benzene rings is 1. The maximum Gasteiger partial charge on any atom is 0.416 e. The SMILES string of the molecule is CC(C)c1cc(C(=O)O)cc(C(F)(F)F)c1. The summed E-state index contributed by atoms with van der Waals surface area (Å²) in [5.74, 6) is -1.51. The molecule has 0 unspecified atom stereocenters. The Kier molecular flexibility index (Phi) is 3.26. The molecule has 0 bridgehead atoms. The van der Waals surface area contributed by atoms with Crippen molar-refractivity contribution < 1.29 is 23.1 Å². The summed E-state index contributed by atoms with van der Waals surface area (Å²) in [4.78, 5) is 10.7. The topological polar surface area (TPSA) is 37.3 Å². The molecule has 0 aromatic heterocycles. The van der Waals surface area contributed by atoms with E-state index >= 15 is 0 Å². The molecular weight excluding hydrogens is 221 g/mol. The van der Waals surface area contributed by atoms with Crippen LogP contribution in [0.2, 0.25) is 0 Å². The molecule has 5 heteroatoms. The number of carbonyl (C=O) groups is 1. The smallest absolute Gasteiger partial charge is 0.416 e. The van der Waals surface area contributed by atoms with E-state index in [1.54, 1.807) is 13.8 Å². The van der Waals surface area contributed by atoms with Gasteiger partial charge in [0.2, 0.25) is 0 Å². The van der Waals surface area contributed by atoms with Gasteiger partial charge in [0.05, 0.1) is 11.1 Å². The van der Waals surface area contributed by atoms with Gasteiger partial charge in [-0.15, -0.1) is 0 Å². The lowest BCUT2D eigenvalue weighted by Crippen LogP contribution is -2.09. The minimum atomic E-state index is -4.52. The highest BCUT2D eigenvalue weighted by Gasteiger charge is 2.31. The Bertz CT molecular complexity index is 408. The molecule has 16 heavy (non-hydrogen) atoms. The molecule has 0 radical (unpaired) electrons. The van der Waals surface area contributed by atoms with E-state index in [1.165, 1.54) is 6.07 Å². The Balaban J connectivity index is 3.36. The third-order valence-corrected chi connectivity index (χ3v) is 2.20. The van der Waals surface area contributed by atoms with Crippen molar-refractivity contribution in [2.75, 3.05) is 0 Å². The molecule has 1 aromatic rings. The van der Waals surface area contributed by atoms with E-state index in [0.29, 0.717) is 11.6 Å². The lowest BCUT2D eigenvalue weighted by molar-refractivity contribution is -0.137. The van der Waals surface area contributed by atoms with Crippen LogP contribution in [0.1, 0.15) is 41.3 Å². The number of aromatic carboxylic acids is 1. The molecule has 1 aromatic carbocycles. The lowest BCUT2D eigenvalue weighted by atomic mass is 9.97. The first-order valence-corrected chi connectivity index (χ1v) is 4.67. The van der Waals surface area contributed by atoms with Gasteiger partial charge in [0, 0.05) is 0 Å². The summed E-state index contributed by atoms with van der Waals surface area (Å²) in [5, 5.41) is 8.71. The Labute approximate surface area is 90.7 Å². The fourth-order valence-corrected chi connectivity index (χ4v) is 1.27. The van der Waals surface area contributed by atoms with Crippen LogP contribution in [-0.2, 0) is 6.18 Å². The number of hydrogen-bond donors (Lipinski definition) is 1. The quantitative estimate of drug-likeness (QED) is 0.846. The highest BCUT2D eigenvalue weighted by Crippen LogP contribution is 2.32. The van der Waals surface area contributed by atoms with Gasteiger partial charge in [-0.2, -0.15) is 13.2 Å². The maximum absolute atomic E-state index is 12.5. The number of carboxylic acid groups (broad SMARTS) is 1. The second kappa shape index (κ2) is 4.15. The van der Waals surface area contributed by atoms with Crippen molar-refractivity contribution in [2.24, 2.45) is 0 Å². The van der Waals surface area contributed by atoms with E-state index in [9.17, 15) is 18.0 Å². The average Bonchev–Trinajstić information content (AvgIpc) is 2.15. The first-order chi connectivity index (χ1) is 7.21. The second-order valence-corrected chi connectivity index (χ2v) is 3.80. The predicted molar refractivity (Wildman–Crippen MR) is 52.5 cm³/mol. The van der Waals surface area contributed by atoms with Gasteiger partial charge in [-0.25, -0.2) is 4.79 Å². The van der Waals surface area contributed by atoms with Gasteiger partial charge < -0.3 is 5.11 Å². The number of rotatable bonds is 2. The van der Waals surface area contributed by atoms with Gasteiger partial charge in [0.1, 0.15) is 0 Å². The summed E-state index contributed by atoms with van der Waals surface area (Å²) in [5.41, 5.74) is -0.887. The van der Waals surface area contributed by atoms with Crippen LogP contribution in [-0.4, -0.2) is 11.1 Å². The van der Waals surface area contributed by atoms with Crippen molar-refractivity contribution in [3.8, 4) is 0 Å². The van der Waals surface area contributed by atoms with Crippen LogP contribution in [0.15, 0.2) is 18.2 Å². The van der Waals surface area contributed by atoms with Crippen molar-refractivity contribution in [1.29, 1.82) is 0 Å². The van der Waals surface area contributed by atoms with Crippen molar-refractivity contribution in [1.82, 2.24) is 0 Å². The largest absolute Gasteiger partial charge is 0.478 e. The zero-order valence-corrected chi connectivity index (χ0v) is 8.80. The van der Waals surface area contributed by atoms with E-state index in [0.717, 1.165) is 6.07 Å². The Morgan fingerprint density at radius 3 is 2.19 bits per heavy atom. The van der Waals surface area contributed by atoms with E-state index < -0.39 is 17.7 Å². The Morgan fingerprint density at radius 1 is 1.25 bits per heavy atom. The van der Waals surface area contributed by atoms with Crippen molar-refractivity contribution in [3.05, 3.63) is 34.9 Å². The van der Waals surface area contributed by atoms with E-state index in [4.69, 9.17) is 5.11 Å². The monoisotopic (exact) mass is 232 g/mol. The number of alkyl halides is 3. The minimum Gasteiger partial charge on any atom is -0.478 e. The summed E-state index contributed by atoms with van der Waals surface area (Å²) in [6.45, 7) is 3.42. The summed E-state index contributed by atoms with van der Waals surface area (Å²) < 4.78 is 37.4. The molecule has 0 aliphatic rings. The van der Waals surface area contributed by atoms with E-state index in [-0.39, 0.29) is 11.5 Å². The molecule has 0 saturated heterocycles. The molecule has 1 rings (SSSR count). The predicted octanol–water partition coefficient (Wildman–Crippen LogP) is 3.53. The van der Waals surface area contributed by atoms with Crippen molar-refractivity contribution >= 4 is 5.97 Å². The van der Waals surface area contributed by atoms with Crippen LogP contribution < -0.4 is 0 Å². The van der Waals surface area contributed by atoms with Crippen LogP contribution in [0, 0.1) is 0 Å². The van der Waals surface area contributed by atoms with Gasteiger partial charge in [0.25, 0.3) is 0 Å². The van der Waals surface area contributed by atoms with Gasteiger partial charge in [-0.3, -0.25) is 0 Å². The first-order valence-electron chi connectivity index (χ1n) is 4.67. The van der Waals surface area contributed by atoms with Crippen LogP contribution in [0.25, 0.3) is 0 Å². The summed E-state index contributed by atoms with van der Waals surface area (Å²) >= 11 is 0. The third-order valence-electron chi connectivity index (χ3n) is 2.20. The molecule has 0 atom stereocenters. The first kappa shape index (κ1) is 12.5. The Morgan fingerprint density at radius 2 is 1.81 bits per heavy atom. The summed E-state index contributed by atoms with van der Waals surface area (Å²) in [6, 6.07) is 2.90. The molecule has 0 saturated carbocycles. The van der Waals surface area contributed by atoms with Crippen LogP contribution in [0.4, 0.5) is 13.2 Å². The van der Waals surface area contributed by atoms with Gasteiger partial charge in [-0.05, 0) is 29.7 Å². The molecule has 1 N–H and O–H groups in total. The molecular formula is C11H11F3O2. The fraction of sp³-hybridized carbons (Fsp3) is 0.364. The van der Waals surface area contributed by atoms with Crippen molar-refractivity contribution in [3.63, 3.8) is 0 Å². The Hall–Kier alpha value is -1.52. The average molecular weight is 232 g/mol. The zero-order valence-electron chi connectivity index (χ0n) is 8.80. The third kappa shape index (κ3) is 2.74. The molecule has 0 heterocycles. The maximum atomic E-state index is 12.5. The van der Waals surface area contributed by atoms with Crippen LogP contribution >= 0.6 is 0 Å². The molecule has 2 nitrogen and oxygen atoms in total. The van der Waals surface area contributed by atoms with Crippen LogP contribution in [0.5, 0.6) is 0 Å². The summed E-state index contributed by atoms with van der Waals surface area (Å²) in [7, 11) is 0. The van der Waals surface area contributed by atoms with Gasteiger partial charge in [0.15, 0.2) is 0 Å². The normalized spacial score (nSPS) is 11.9. The van der Waals surface area contributed by atoms with E-state index in [2.05, 4.69) is 0 Å². The highest BCUT2D eigenvalue weighted by molar-refractivity contribution is 5.88. The molecule has 0 fully saturated rings. The molecule has 0 aliphatic heterocycles. The van der Waals surface area contributed by atoms with Crippen LogP contribution in [0.3, 0.4) is 0 Å². The number of halogens is 3. The molecule has 0 aliphatic carbocycles. The van der Waals surface area contributed by atoms with Gasteiger partial charge in [-0.1, -0.05) is 13.8 Å².